The number of aldehydes is 1. The third kappa shape index (κ3) is 16.5. The second-order valence-corrected chi connectivity index (χ2v) is 36.0. The van der Waals surface area contributed by atoms with Gasteiger partial charge in [-0.2, -0.15) is 0 Å². The first-order chi connectivity index (χ1) is 55.6. The average Bonchev–Trinajstić information content (AvgIpc) is 0.673. The molecule has 0 spiro atoms. The third-order valence-corrected chi connectivity index (χ3v) is 28.6. The first-order valence-electron chi connectivity index (χ1n) is 40.6. The van der Waals surface area contributed by atoms with E-state index in [4.69, 9.17) is 75.8 Å². The molecule has 13 rings (SSSR count). The molecule has 7 aliphatic heterocycles. The highest BCUT2D eigenvalue weighted by molar-refractivity contribution is 5.87. The standard InChI is InChI=1S/C80H118O38/c1-32-59(111-45(86)17-12-34-10-13-35(103-9)14-11-34)56(97)64(116-71-58(99)62(114-69-54(95)50(91)48(89)40(27-81)108-69)60(33(2)106-71)112-67-52(93)46(87)38(84)29-104-67)72(107-32)118-74(102)80-24-22-75(3,4)26-37(80)36-15-16-43-76(5)20-19-44(77(6,31-83)42(76)18-21-79(43,8)78(36,7)23-25-80)110-73-65(117-70-55(96)51(92)49(90)41(28-82)109-70)61(57(98)63(115-73)66(100)101)113-68-53(94)47(88)39(85)30-105-68/h10-15,17,31-33,37-44,46-65,67-73,81-82,84-85,87-99H,16,18-30H2,1-9H3,(H,100,101)/b17-12-/t32-,33+,37+,38-,39+,40-,41-,42-,43-,44+,46+,47+,48-,49+,50+,51+,52-,53-,54-,55-,56+,57+,58-,59+,60+,61+,62+,63+,64-,65-,67+,68+,69+,70+,71+,72+,73-,76+,77+,78-,79-,80+/m1/s1. The number of aliphatic hydroxyl groups is 17. The fourth-order valence-electron chi connectivity index (χ4n) is 21.3. The zero-order valence-corrected chi connectivity index (χ0v) is 67.1. The summed E-state index contributed by atoms with van der Waals surface area (Å²) in [6.45, 7) is 12.5. The van der Waals surface area contributed by atoms with E-state index < -0.39 is 292 Å². The lowest BCUT2D eigenvalue weighted by atomic mass is 9.33. The van der Waals surface area contributed by atoms with Crippen LogP contribution in [0.1, 0.15) is 125 Å². The molecule has 11 fully saturated rings. The Bertz CT molecular complexity index is 3700. The van der Waals surface area contributed by atoms with Crippen LogP contribution in [-0.2, 0) is 90.2 Å². The summed E-state index contributed by atoms with van der Waals surface area (Å²) >= 11 is 0. The fraction of sp³-hybridized carbons (Fsp3) is 0.825. The van der Waals surface area contributed by atoms with Crippen molar-refractivity contribution in [2.45, 2.75) is 328 Å². The largest absolute Gasteiger partial charge is 0.497 e. The van der Waals surface area contributed by atoms with Gasteiger partial charge in [0.2, 0.25) is 6.29 Å². The van der Waals surface area contributed by atoms with Gasteiger partial charge in [0.15, 0.2) is 56.1 Å². The molecule has 12 aliphatic rings. The quantitative estimate of drug-likeness (QED) is 0.0175. The van der Waals surface area contributed by atoms with Crippen molar-refractivity contribution in [2.75, 3.05) is 33.5 Å². The van der Waals surface area contributed by atoms with Gasteiger partial charge in [-0.1, -0.05) is 65.3 Å². The number of hydrogen-bond donors (Lipinski definition) is 18. The number of rotatable bonds is 22. The predicted octanol–water partition coefficient (Wildman–Crippen LogP) is -3.69. The summed E-state index contributed by atoms with van der Waals surface area (Å²) in [5.74, 6) is -4.00. The molecule has 38 heteroatoms. The SMILES string of the molecule is COc1ccc(/C=C\C(=O)O[C@@H]2[C@H](O)[C@@H](O[C@@H]3O[C@@H](C)[C@H](O[C@@H]4OC[C@@H](O)[C@H](O)[C@H]4O)[C@@H](O[C@@H]4O[C@H](CO)[C@@H](O)[C@H](O)[C@H]4O)[C@H]3O)[C@H](OC(=O)[C@]34CCC(C)(C)C[C@H]3C3=CC[C@@H]5[C@@]6(C)CC[C@H](O[C@@H]7O[C@H](C(=O)O)[C@@H](O)[C@H](O[C@@H]8OC[C@H](O)[C@H](O)[C@H]8O)[C@H]7O[C@@H]7O[C@H](CO)[C@H](O)[C@H](O)[C@H]7O)[C@@](C)(C=O)[C@@H]6CC[C@@]5(C)[C@]3(C)CC4)O[C@@H]2C)cc1. The predicted molar refractivity (Wildman–Crippen MR) is 393 cm³/mol. The van der Waals surface area contributed by atoms with Crippen LogP contribution in [0.25, 0.3) is 6.08 Å². The molecule has 118 heavy (non-hydrogen) atoms. The zero-order chi connectivity index (χ0) is 85.7. The third-order valence-electron chi connectivity index (χ3n) is 28.6. The molecule has 0 aromatic heterocycles. The van der Waals surface area contributed by atoms with Crippen molar-refractivity contribution < 1.29 is 187 Å². The maximum atomic E-state index is 16.2. The van der Waals surface area contributed by atoms with E-state index in [1.807, 2.05) is 0 Å². The summed E-state index contributed by atoms with van der Waals surface area (Å²) in [6, 6.07) is 6.70. The Balaban J connectivity index is 0.790. The lowest BCUT2D eigenvalue weighted by Gasteiger charge is -2.71. The fourth-order valence-corrected chi connectivity index (χ4v) is 21.3. The van der Waals surface area contributed by atoms with Crippen molar-refractivity contribution >= 4 is 30.3 Å². The number of aliphatic hydroxyl groups excluding tert-OH is 17. The minimum absolute atomic E-state index is 0.113. The summed E-state index contributed by atoms with van der Waals surface area (Å²) < 4.78 is 97.5. The number of fused-ring (bicyclic) bond motifs is 7. The number of esters is 2. The minimum atomic E-state index is -2.23. The number of ether oxygens (including phenoxy) is 16. The van der Waals surface area contributed by atoms with Gasteiger partial charge in [-0.15, -0.1) is 0 Å². The molecule has 0 amide bonds. The van der Waals surface area contributed by atoms with Crippen LogP contribution in [0.15, 0.2) is 42.0 Å². The second kappa shape index (κ2) is 35.4. The first-order valence-corrected chi connectivity index (χ1v) is 40.6. The van der Waals surface area contributed by atoms with Gasteiger partial charge in [-0.05, 0) is 141 Å². The number of aliphatic carboxylic acids is 1. The average molecular weight is 1690 g/mol. The highest BCUT2D eigenvalue weighted by atomic mass is 16.8. The number of hydrogen-bond acceptors (Lipinski definition) is 37. The van der Waals surface area contributed by atoms with Crippen molar-refractivity contribution in [1.82, 2.24) is 0 Å². The van der Waals surface area contributed by atoms with Crippen molar-refractivity contribution in [2.24, 2.45) is 50.2 Å². The Morgan fingerprint density at radius 3 is 1.60 bits per heavy atom. The van der Waals surface area contributed by atoms with E-state index in [1.54, 1.807) is 31.2 Å². The van der Waals surface area contributed by atoms with E-state index in [1.165, 1.54) is 27.0 Å². The van der Waals surface area contributed by atoms with Crippen LogP contribution >= 0.6 is 0 Å². The number of carboxylic acids is 1. The monoisotopic (exact) mass is 1690 g/mol. The number of benzene rings is 1. The molecule has 42 atom stereocenters. The van der Waals surface area contributed by atoms with Gasteiger partial charge in [0, 0.05) is 6.08 Å². The van der Waals surface area contributed by atoms with Crippen molar-refractivity contribution in [3.63, 3.8) is 0 Å². The number of methoxy groups -OCH3 is 1. The van der Waals surface area contributed by atoms with Crippen LogP contribution < -0.4 is 4.74 Å². The molecular weight excluding hydrogens is 1570 g/mol. The van der Waals surface area contributed by atoms with Crippen molar-refractivity contribution in [1.29, 1.82) is 0 Å². The molecule has 7 heterocycles. The molecule has 666 valence electrons. The van der Waals surface area contributed by atoms with E-state index in [0.717, 1.165) is 17.9 Å². The summed E-state index contributed by atoms with van der Waals surface area (Å²) in [5.41, 5.74) is -3.35. The van der Waals surface area contributed by atoms with Crippen molar-refractivity contribution in [3.8, 4) is 5.75 Å². The first kappa shape index (κ1) is 91.1. The Labute approximate surface area is 680 Å². The highest BCUT2D eigenvalue weighted by Crippen LogP contribution is 2.76. The van der Waals surface area contributed by atoms with Gasteiger partial charge in [0.25, 0.3) is 0 Å². The van der Waals surface area contributed by atoms with E-state index in [2.05, 4.69) is 40.7 Å². The molecule has 7 saturated heterocycles. The Morgan fingerprint density at radius 2 is 1.03 bits per heavy atom. The van der Waals surface area contributed by atoms with Crippen LogP contribution in [0.3, 0.4) is 0 Å². The van der Waals surface area contributed by atoms with Crippen LogP contribution in [0, 0.1) is 50.2 Å². The van der Waals surface area contributed by atoms with Crippen LogP contribution in [0.5, 0.6) is 5.75 Å². The number of carbonyl (C=O) groups is 4. The number of carboxylic acid groups (broad SMARTS) is 1. The molecule has 4 saturated carbocycles. The summed E-state index contributed by atoms with van der Waals surface area (Å²) in [6.07, 6.45) is -52.9. The normalized spacial score (nSPS) is 50.3. The van der Waals surface area contributed by atoms with E-state index in [-0.39, 0.29) is 24.2 Å². The molecule has 0 unspecified atom stereocenters. The van der Waals surface area contributed by atoms with Gasteiger partial charge in [0.05, 0.1) is 62.7 Å². The Hall–Kier alpha value is -4.62. The Kier molecular flexibility index (Phi) is 27.3. The van der Waals surface area contributed by atoms with Crippen molar-refractivity contribution in [3.05, 3.63) is 47.6 Å². The van der Waals surface area contributed by atoms with E-state index in [9.17, 15) is 106 Å². The molecular formula is C80H118O38. The maximum absolute atomic E-state index is 16.2. The van der Waals surface area contributed by atoms with Gasteiger partial charge in [-0.25, -0.2) is 9.59 Å². The maximum Gasteiger partial charge on any atom is 0.335 e. The summed E-state index contributed by atoms with van der Waals surface area (Å²) in [5, 5.41) is 198. The van der Waals surface area contributed by atoms with Crippen LogP contribution in [0.4, 0.5) is 0 Å². The van der Waals surface area contributed by atoms with Crippen LogP contribution in [-0.4, -0.2) is 358 Å². The van der Waals surface area contributed by atoms with E-state index >= 15 is 4.79 Å². The molecule has 5 aliphatic carbocycles. The van der Waals surface area contributed by atoms with Gasteiger partial charge in [-0.3, -0.25) is 4.79 Å². The topological polar surface area (TPSA) is 580 Å². The minimum Gasteiger partial charge on any atom is -0.497 e. The number of allylic oxidation sites excluding steroid dienone is 2. The molecule has 18 N–H and O–H groups in total. The summed E-state index contributed by atoms with van der Waals surface area (Å²) in [7, 11) is 1.49. The van der Waals surface area contributed by atoms with Crippen LogP contribution in [0.2, 0.25) is 0 Å². The van der Waals surface area contributed by atoms with Gasteiger partial charge >= 0.3 is 17.9 Å². The molecule has 38 nitrogen and oxygen atoms in total. The zero-order valence-electron chi connectivity index (χ0n) is 67.1. The van der Waals surface area contributed by atoms with E-state index in [0.29, 0.717) is 62.7 Å². The number of carbonyl (C=O) groups excluding carboxylic acids is 3. The second-order valence-electron chi connectivity index (χ2n) is 36.0. The molecule has 0 bridgehead atoms. The lowest BCUT2D eigenvalue weighted by Crippen LogP contribution is -2.69. The lowest BCUT2D eigenvalue weighted by molar-refractivity contribution is -0.394. The molecule has 1 aromatic rings. The smallest absolute Gasteiger partial charge is 0.335 e. The summed E-state index contributed by atoms with van der Waals surface area (Å²) in [4.78, 5) is 57.6. The van der Waals surface area contributed by atoms with Gasteiger partial charge in [0.1, 0.15) is 140 Å². The molecule has 1 aromatic carbocycles. The Morgan fingerprint density at radius 1 is 0.500 bits per heavy atom. The van der Waals surface area contributed by atoms with Gasteiger partial charge < -0.3 is 173 Å². The highest BCUT2D eigenvalue weighted by Gasteiger charge is 2.72. The molecule has 0 radical (unpaired) electrons.